The van der Waals surface area contributed by atoms with E-state index in [1.165, 1.54) is 0 Å². The van der Waals surface area contributed by atoms with Gasteiger partial charge in [0.25, 0.3) is 0 Å². The van der Waals surface area contributed by atoms with Gasteiger partial charge in [-0.2, -0.15) is 12.6 Å². The van der Waals surface area contributed by atoms with Crippen LogP contribution < -0.4 is 10.1 Å². The maximum absolute atomic E-state index is 12.1. The van der Waals surface area contributed by atoms with Crippen LogP contribution in [0.5, 0.6) is 5.75 Å². The van der Waals surface area contributed by atoms with E-state index in [1.807, 2.05) is 45.9 Å². The summed E-state index contributed by atoms with van der Waals surface area (Å²) in [5.74, 6) is 0.581. The third kappa shape index (κ3) is 8.12. The summed E-state index contributed by atoms with van der Waals surface area (Å²) in [5, 5.41) is 2.85. The number of carbonyl (C=O) groups is 2. The fourth-order valence-corrected chi connectivity index (χ4v) is 2.36. The van der Waals surface area contributed by atoms with Gasteiger partial charge >= 0.3 is 11.9 Å². The second-order valence-electron chi connectivity index (χ2n) is 6.11. The first-order valence-corrected chi connectivity index (χ1v) is 8.80. The Morgan fingerprint density at radius 1 is 1.08 bits per heavy atom. The molecule has 0 heterocycles. The molecule has 1 aromatic carbocycles. The van der Waals surface area contributed by atoms with Crippen molar-refractivity contribution in [2.24, 2.45) is 0 Å². The van der Waals surface area contributed by atoms with E-state index < -0.39 is 18.5 Å². The topological polar surface area (TPSA) is 64.6 Å². The lowest BCUT2D eigenvalue weighted by molar-refractivity contribution is -0.153. The SMILES string of the molecule is CC(C)c1cccc(C(C)C)c1OC(=O)COC(=O)CNCCS.Cl. The molecule has 25 heavy (non-hydrogen) atoms. The maximum Gasteiger partial charge on any atom is 0.349 e. The molecule has 0 saturated carbocycles. The zero-order chi connectivity index (χ0) is 18.1. The molecule has 0 aromatic heterocycles. The number of hydrogen-bond acceptors (Lipinski definition) is 6. The minimum Gasteiger partial charge on any atom is -0.453 e. The minimum absolute atomic E-state index is 0. The third-order valence-corrected chi connectivity index (χ3v) is 3.67. The number of benzene rings is 1. The smallest absolute Gasteiger partial charge is 0.349 e. The van der Waals surface area contributed by atoms with Gasteiger partial charge in [0, 0.05) is 12.3 Å². The van der Waals surface area contributed by atoms with Crippen LogP contribution in [-0.4, -0.2) is 37.4 Å². The number of carbonyl (C=O) groups excluding carboxylic acids is 2. The van der Waals surface area contributed by atoms with Crippen molar-refractivity contribution in [3.8, 4) is 5.75 Å². The molecular weight excluding hydrogens is 362 g/mol. The molecule has 0 aliphatic rings. The molecular formula is C18H28ClNO4S. The summed E-state index contributed by atoms with van der Waals surface area (Å²) in [5.41, 5.74) is 1.94. The van der Waals surface area contributed by atoms with Crippen LogP contribution in [0.25, 0.3) is 0 Å². The fraction of sp³-hybridized carbons (Fsp3) is 0.556. The zero-order valence-electron chi connectivity index (χ0n) is 15.2. The fourth-order valence-electron chi connectivity index (χ4n) is 2.20. The van der Waals surface area contributed by atoms with Crippen LogP contribution in [0.15, 0.2) is 18.2 Å². The molecule has 1 N–H and O–H groups in total. The van der Waals surface area contributed by atoms with Gasteiger partial charge in [-0.25, -0.2) is 4.79 Å². The second-order valence-corrected chi connectivity index (χ2v) is 6.56. The molecule has 0 aliphatic heterocycles. The Balaban J connectivity index is 0.00000576. The summed E-state index contributed by atoms with van der Waals surface area (Å²) in [6.45, 7) is 8.43. The van der Waals surface area contributed by atoms with E-state index in [4.69, 9.17) is 9.47 Å². The summed E-state index contributed by atoms with van der Waals surface area (Å²) >= 11 is 4.03. The number of rotatable bonds is 9. The molecule has 0 atom stereocenters. The molecule has 0 amide bonds. The van der Waals surface area contributed by atoms with E-state index in [1.54, 1.807) is 0 Å². The van der Waals surface area contributed by atoms with E-state index in [-0.39, 0.29) is 30.8 Å². The Morgan fingerprint density at radius 3 is 2.12 bits per heavy atom. The largest absolute Gasteiger partial charge is 0.453 e. The molecule has 0 aliphatic carbocycles. The Hall–Kier alpha value is -1.24. The molecule has 1 rings (SSSR count). The highest BCUT2D eigenvalue weighted by atomic mass is 35.5. The molecule has 0 unspecified atom stereocenters. The highest BCUT2D eigenvalue weighted by Crippen LogP contribution is 2.34. The number of ether oxygens (including phenoxy) is 2. The molecule has 0 saturated heterocycles. The summed E-state index contributed by atoms with van der Waals surface area (Å²) in [4.78, 5) is 23.6. The van der Waals surface area contributed by atoms with E-state index in [2.05, 4.69) is 17.9 Å². The van der Waals surface area contributed by atoms with Crippen LogP contribution in [0.4, 0.5) is 0 Å². The molecule has 142 valence electrons. The van der Waals surface area contributed by atoms with Gasteiger partial charge < -0.3 is 14.8 Å². The van der Waals surface area contributed by atoms with E-state index in [0.717, 1.165) is 11.1 Å². The molecule has 0 bridgehead atoms. The Bertz CT molecular complexity index is 538. The molecule has 5 nitrogen and oxygen atoms in total. The lowest BCUT2D eigenvalue weighted by atomic mass is 9.94. The number of halogens is 1. The Morgan fingerprint density at radius 2 is 1.64 bits per heavy atom. The van der Waals surface area contributed by atoms with Crippen LogP contribution in [-0.2, 0) is 14.3 Å². The number of nitrogens with one attached hydrogen (secondary N) is 1. The van der Waals surface area contributed by atoms with Gasteiger partial charge in [-0.3, -0.25) is 4.79 Å². The van der Waals surface area contributed by atoms with Crippen molar-refractivity contribution in [2.45, 2.75) is 39.5 Å². The van der Waals surface area contributed by atoms with E-state index >= 15 is 0 Å². The summed E-state index contributed by atoms with van der Waals surface area (Å²) in [6, 6.07) is 5.87. The first kappa shape index (κ1) is 23.8. The third-order valence-electron chi connectivity index (χ3n) is 3.44. The van der Waals surface area contributed by atoms with Gasteiger partial charge in [-0.1, -0.05) is 45.9 Å². The monoisotopic (exact) mass is 389 g/mol. The highest BCUT2D eigenvalue weighted by molar-refractivity contribution is 7.80. The number of esters is 2. The first-order chi connectivity index (χ1) is 11.4. The predicted octanol–water partition coefficient (Wildman–Crippen LogP) is 3.32. The quantitative estimate of drug-likeness (QED) is 0.293. The average Bonchev–Trinajstić information content (AvgIpc) is 2.53. The Kier molecular flexibility index (Phi) is 11.6. The minimum atomic E-state index is -0.576. The van der Waals surface area contributed by atoms with Crippen molar-refractivity contribution in [1.29, 1.82) is 0 Å². The van der Waals surface area contributed by atoms with Gasteiger partial charge in [0.15, 0.2) is 6.61 Å². The van der Waals surface area contributed by atoms with Crippen LogP contribution in [0.2, 0.25) is 0 Å². The summed E-state index contributed by atoms with van der Waals surface area (Å²) < 4.78 is 10.4. The van der Waals surface area contributed by atoms with Crippen molar-refractivity contribution in [3.05, 3.63) is 29.3 Å². The standard InChI is InChI=1S/C18H27NO4S.ClH/c1-12(2)14-6-5-7-15(13(3)4)18(14)23-17(21)11-22-16(20)10-19-8-9-24;/h5-7,12-13,19,24H,8-11H2,1-4H3;1H. The molecule has 1 aromatic rings. The Labute approximate surface area is 161 Å². The van der Waals surface area contributed by atoms with Crippen molar-refractivity contribution in [2.75, 3.05) is 25.4 Å². The molecule has 0 spiro atoms. The van der Waals surface area contributed by atoms with Crippen LogP contribution in [0.3, 0.4) is 0 Å². The van der Waals surface area contributed by atoms with Crippen LogP contribution >= 0.6 is 25.0 Å². The van der Waals surface area contributed by atoms with Crippen LogP contribution in [0, 0.1) is 0 Å². The molecule has 0 fully saturated rings. The van der Waals surface area contributed by atoms with Crippen LogP contribution in [0.1, 0.15) is 50.7 Å². The van der Waals surface area contributed by atoms with Crippen molar-refractivity contribution < 1.29 is 19.1 Å². The number of thiol groups is 1. The lowest BCUT2D eigenvalue weighted by Crippen LogP contribution is -2.28. The van der Waals surface area contributed by atoms with E-state index in [9.17, 15) is 9.59 Å². The maximum atomic E-state index is 12.1. The van der Waals surface area contributed by atoms with Crippen molar-refractivity contribution >= 4 is 37.0 Å². The van der Waals surface area contributed by atoms with E-state index in [0.29, 0.717) is 18.0 Å². The van der Waals surface area contributed by atoms with Gasteiger partial charge in [0.05, 0.1) is 6.54 Å². The average molecular weight is 390 g/mol. The first-order valence-electron chi connectivity index (χ1n) is 8.17. The summed E-state index contributed by atoms with van der Waals surface area (Å²) in [6.07, 6.45) is 0. The second kappa shape index (κ2) is 12.2. The molecule has 7 heteroatoms. The van der Waals surface area contributed by atoms with Gasteiger partial charge in [-0.15, -0.1) is 12.4 Å². The summed E-state index contributed by atoms with van der Waals surface area (Å²) in [7, 11) is 0. The van der Waals surface area contributed by atoms with Crippen molar-refractivity contribution in [1.82, 2.24) is 5.32 Å². The molecule has 0 radical (unpaired) electrons. The number of para-hydroxylation sites is 1. The van der Waals surface area contributed by atoms with Crippen molar-refractivity contribution in [3.63, 3.8) is 0 Å². The predicted molar refractivity (Wildman–Crippen MR) is 105 cm³/mol. The van der Waals surface area contributed by atoms with Gasteiger partial charge in [0.2, 0.25) is 0 Å². The lowest BCUT2D eigenvalue weighted by Gasteiger charge is -2.18. The van der Waals surface area contributed by atoms with Gasteiger partial charge in [-0.05, 0) is 23.0 Å². The number of hydrogen-bond donors (Lipinski definition) is 2. The van der Waals surface area contributed by atoms with Gasteiger partial charge in [0.1, 0.15) is 5.75 Å². The zero-order valence-corrected chi connectivity index (χ0v) is 16.9. The normalized spacial score (nSPS) is 10.5. The highest BCUT2D eigenvalue weighted by Gasteiger charge is 2.18.